The molecular weight excluding hydrogens is 304 g/mol. The first-order valence-corrected chi connectivity index (χ1v) is 8.94. The van der Waals surface area contributed by atoms with E-state index in [1.54, 1.807) is 7.11 Å². The molecule has 0 bridgehead atoms. The van der Waals surface area contributed by atoms with Crippen LogP contribution >= 0.6 is 0 Å². The van der Waals surface area contributed by atoms with Crippen LogP contribution in [0.5, 0.6) is 5.75 Å². The van der Waals surface area contributed by atoms with Crippen molar-refractivity contribution in [1.29, 1.82) is 0 Å². The second kappa shape index (κ2) is 9.64. The minimum Gasteiger partial charge on any atom is -0.497 e. The van der Waals surface area contributed by atoms with Gasteiger partial charge in [0.25, 0.3) is 0 Å². The van der Waals surface area contributed by atoms with E-state index in [4.69, 9.17) is 4.74 Å². The lowest BCUT2D eigenvalue weighted by Gasteiger charge is -2.35. The summed E-state index contributed by atoms with van der Waals surface area (Å²) in [5, 5.41) is 12.6. The first kappa shape index (κ1) is 18.7. The van der Waals surface area contributed by atoms with Gasteiger partial charge in [-0.2, -0.15) is 0 Å². The fourth-order valence-electron chi connectivity index (χ4n) is 3.35. The van der Waals surface area contributed by atoms with Gasteiger partial charge in [0.15, 0.2) is 0 Å². The second-order valence-electron chi connectivity index (χ2n) is 6.49. The number of ether oxygens (including phenoxy) is 1. The molecule has 0 saturated heterocycles. The van der Waals surface area contributed by atoms with Gasteiger partial charge in [-0.25, -0.2) is 0 Å². The van der Waals surface area contributed by atoms with Crippen molar-refractivity contribution in [3.05, 3.63) is 29.8 Å². The highest BCUT2D eigenvalue weighted by molar-refractivity contribution is 5.75. The van der Waals surface area contributed by atoms with Crippen LogP contribution in [-0.4, -0.2) is 48.3 Å². The Balaban J connectivity index is 2.01. The highest BCUT2D eigenvalue weighted by Crippen LogP contribution is 2.25. The average molecular weight is 334 g/mol. The summed E-state index contributed by atoms with van der Waals surface area (Å²) >= 11 is 0. The largest absolute Gasteiger partial charge is 0.497 e. The number of nitrogens with zero attached hydrogens (tertiary/aromatic N) is 1. The fourth-order valence-corrected chi connectivity index (χ4v) is 3.35. The van der Waals surface area contributed by atoms with Crippen LogP contribution in [0.15, 0.2) is 24.3 Å². The lowest BCUT2D eigenvalue weighted by atomic mass is 9.91. The van der Waals surface area contributed by atoms with E-state index in [1.165, 1.54) is 5.56 Å². The van der Waals surface area contributed by atoms with Gasteiger partial charge in [-0.05, 0) is 50.3 Å². The van der Waals surface area contributed by atoms with Crippen LogP contribution in [0.2, 0.25) is 0 Å². The molecule has 0 radical (unpaired) electrons. The van der Waals surface area contributed by atoms with Crippen molar-refractivity contribution in [3.8, 4) is 5.75 Å². The maximum Gasteiger partial charge on any atom is 0.221 e. The zero-order valence-electron chi connectivity index (χ0n) is 14.8. The van der Waals surface area contributed by atoms with E-state index in [0.29, 0.717) is 19.0 Å². The van der Waals surface area contributed by atoms with Crippen molar-refractivity contribution in [2.45, 2.75) is 57.7 Å². The number of aliphatic hydroxyl groups is 1. The number of rotatable bonds is 8. The standard InChI is InChI=1S/C19H30N2O3/c1-3-20-19(23)11-12-21(16-7-9-17(22)10-8-16)14-15-5-4-6-18(13-15)24-2/h4-6,13,16-17,22H,3,7-12,14H2,1-2H3,(H,20,23). The molecule has 1 amide bonds. The number of carbonyl (C=O) groups is 1. The summed E-state index contributed by atoms with van der Waals surface area (Å²) in [4.78, 5) is 14.2. The first-order valence-electron chi connectivity index (χ1n) is 8.94. The van der Waals surface area contributed by atoms with E-state index in [9.17, 15) is 9.90 Å². The third-order valence-corrected chi connectivity index (χ3v) is 4.70. The van der Waals surface area contributed by atoms with Crippen molar-refractivity contribution < 1.29 is 14.6 Å². The van der Waals surface area contributed by atoms with Crippen molar-refractivity contribution >= 4 is 5.91 Å². The Morgan fingerprint density at radius 2 is 2.08 bits per heavy atom. The van der Waals surface area contributed by atoms with Crippen LogP contribution in [0, 0.1) is 0 Å². The fraction of sp³-hybridized carbons (Fsp3) is 0.632. The van der Waals surface area contributed by atoms with Crippen molar-refractivity contribution in [2.75, 3.05) is 20.2 Å². The molecule has 1 aliphatic rings. The van der Waals surface area contributed by atoms with E-state index >= 15 is 0 Å². The number of benzene rings is 1. The molecule has 2 N–H and O–H groups in total. The predicted molar refractivity (Wildman–Crippen MR) is 95.0 cm³/mol. The average Bonchev–Trinajstić information content (AvgIpc) is 2.60. The van der Waals surface area contributed by atoms with Gasteiger partial charge in [-0.1, -0.05) is 12.1 Å². The SMILES string of the molecule is CCNC(=O)CCN(Cc1cccc(OC)c1)C1CCC(O)CC1. The minimum absolute atomic E-state index is 0.101. The maximum absolute atomic E-state index is 11.8. The molecule has 1 fully saturated rings. The summed E-state index contributed by atoms with van der Waals surface area (Å²) in [6, 6.07) is 8.52. The number of hydrogen-bond donors (Lipinski definition) is 2. The summed E-state index contributed by atoms with van der Waals surface area (Å²) in [6.45, 7) is 4.15. The maximum atomic E-state index is 11.8. The topological polar surface area (TPSA) is 61.8 Å². The molecule has 1 saturated carbocycles. The molecule has 0 spiro atoms. The highest BCUT2D eigenvalue weighted by atomic mass is 16.5. The van der Waals surface area contributed by atoms with E-state index in [0.717, 1.165) is 44.5 Å². The Morgan fingerprint density at radius 1 is 1.33 bits per heavy atom. The molecule has 134 valence electrons. The van der Waals surface area contributed by atoms with Gasteiger partial charge in [0.2, 0.25) is 5.91 Å². The van der Waals surface area contributed by atoms with Gasteiger partial charge in [-0.15, -0.1) is 0 Å². The zero-order valence-corrected chi connectivity index (χ0v) is 14.8. The molecule has 1 aromatic rings. The summed E-state index contributed by atoms with van der Waals surface area (Å²) in [5.74, 6) is 0.958. The third kappa shape index (κ3) is 5.80. The van der Waals surface area contributed by atoms with E-state index in [1.807, 2.05) is 19.1 Å². The highest BCUT2D eigenvalue weighted by Gasteiger charge is 2.25. The number of methoxy groups -OCH3 is 1. The number of aliphatic hydroxyl groups excluding tert-OH is 1. The van der Waals surface area contributed by atoms with Gasteiger partial charge >= 0.3 is 0 Å². The zero-order chi connectivity index (χ0) is 17.4. The Hall–Kier alpha value is -1.59. The smallest absolute Gasteiger partial charge is 0.221 e. The number of amides is 1. The van der Waals surface area contributed by atoms with Gasteiger partial charge in [-0.3, -0.25) is 9.69 Å². The van der Waals surface area contributed by atoms with E-state index in [-0.39, 0.29) is 12.0 Å². The number of nitrogens with one attached hydrogen (secondary N) is 1. The molecule has 2 rings (SSSR count). The quantitative estimate of drug-likeness (QED) is 0.766. The number of carbonyl (C=O) groups excluding carboxylic acids is 1. The summed E-state index contributed by atoms with van der Waals surface area (Å²) < 4.78 is 5.31. The lowest BCUT2D eigenvalue weighted by Crippen LogP contribution is -2.40. The van der Waals surface area contributed by atoms with Gasteiger partial charge in [0.1, 0.15) is 5.75 Å². The Kier molecular flexibility index (Phi) is 7.53. The molecule has 5 nitrogen and oxygen atoms in total. The molecule has 0 atom stereocenters. The minimum atomic E-state index is -0.164. The molecular formula is C19H30N2O3. The van der Waals surface area contributed by atoms with Gasteiger partial charge in [0.05, 0.1) is 13.2 Å². The molecule has 0 unspecified atom stereocenters. The normalized spacial score (nSPS) is 20.8. The van der Waals surface area contributed by atoms with Gasteiger partial charge in [0, 0.05) is 32.1 Å². The van der Waals surface area contributed by atoms with E-state index in [2.05, 4.69) is 22.3 Å². The van der Waals surface area contributed by atoms with Crippen LogP contribution in [0.4, 0.5) is 0 Å². The van der Waals surface area contributed by atoms with Crippen molar-refractivity contribution in [1.82, 2.24) is 10.2 Å². The molecule has 1 aromatic carbocycles. The molecule has 0 aromatic heterocycles. The summed E-state index contributed by atoms with van der Waals surface area (Å²) in [5.41, 5.74) is 1.19. The Labute approximate surface area is 145 Å². The third-order valence-electron chi connectivity index (χ3n) is 4.70. The molecule has 5 heteroatoms. The number of hydrogen-bond acceptors (Lipinski definition) is 4. The van der Waals surface area contributed by atoms with Crippen LogP contribution in [0.25, 0.3) is 0 Å². The van der Waals surface area contributed by atoms with Crippen molar-refractivity contribution in [3.63, 3.8) is 0 Å². The Morgan fingerprint density at radius 3 is 2.75 bits per heavy atom. The van der Waals surface area contributed by atoms with Crippen LogP contribution in [0.1, 0.15) is 44.6 Å². The monoisotopic (exact) mass is 334 g/mol. The van der Waals surface area contributed by atoms with E-state index < -0.39 is 0 Å². The lowest BCUT2D eigenvalue weighted by molar-refractivity contribution is -0.121. The molecule has 0 aliphatic heterocycles. The summed E-state index contributed by atoms with van der Waals surface area (Å²) in [6.07, 6.45) is 4.02. The van der Waals surface area contributed by atoms with Crippen molar-refractivity contribution in [2.24, 2.45) is 0 Å². The van der Waals surface area contributed by atoms with Crippen LogP contribution < -0.4 is 10.1 Å². The molecule has 0 heterocycles. The van der Waals surface area contributed by atoms with Crippen LogP contribution in [-0.2, 0) is 11.3 Å². The molecule has 1 aliphatic carbocycles. The first-order chi connectivity index (χ1) is 11.6. The second-order valence-corrected chi connectivity index (χ2v) is 6.49. The Bertz CT molecular complexity index is 513. The van der Waals surface area contributed by atoms with Crippen LogP contribution in [0.3, 0.4) is 0 Å². The summed E-state index contributed by atoms with van der Waals surface area (Å²) in [7, 11) is 1.68. The molecule has 24 heavy (non-hydrogen) atoms. The van der Waals surface area contributed by atoms with Gasteiger partial charge < -0.3 is 15.2 Å². The predicted octanol–water partition coefficient (Wildman–Crippen LogP) is 2.33.